The van der Waals surface area contributed by atoms with Crippen molar-refractivity contribution in [3.63, 3.8) is 0 Å². The van der Waals surface area contributed by atoms with Crippen LogP contribution in [0.3, 0.4) is 0 Å². The van der Waals surface area contributed by atoms with Gasteiger partial charge in [-0.15, -0.1) is 0 Å². The van der Waals surface area contributed by atoms with Gasteiger partial charge in [-0.3, -0.25) is 4.79 Å². The van der Waals surface area contributed by atoms with Crippen molar-refractivity contribution in [2.24, 2.45) is 0 Å². The summed E-state index contributed by atoms with van der Waals surface area (Å²) in [6.45, 7) is 1.98. The molecule has 9 heteroatoms. The zero-order valence-corrected chi connectivity index (χ0v) is 19.2. The number of hydrogen-bond donors (Lipinski definition) is 2. The second-order valence-corrected chi connectivity index (χ2v) is 8.58. The second-order valence-electron chi connectivity index (χ2n) is 7.26. The van der Waals surface area contributed by atoms with E-state index in [0.29, 0.717) is 28.9 Å². The maximum absolute atomic E-state index is 12.6. The molecule has 2 N–H and O–H groups in total. The number of likely N-dealkylation sites (tertiary alicyclic amines) is 1. The summed E-state index contributed by atoms with van der Waals surface area (Å²) in [5.74, 6) is 1.04. The fourth-order valence-electron chi connectivity index (χ4n) is 3.38. The van der Waals surface area contributed by atoms with Crippen molar-refractivity contribution in [2.45, 2.75) is 25.8 Å². The van der Waals surface area contributed by atoms with Crippen LogP contribution >= 0.6 is 28.1 Å². The van der Waals surface area contributed by atoms with Crippen LogP contribution in [0.1, 0.15) is 35.5 Å². The summed E-state index contributed by atoms with van der Waals surface area (Å²) < 4.78 is 6.24. The summed E-state index contributed by atoms with van der Waals surface area (Å²) >= 11 is 8.78. The second kappa shape index (κ2) is 10.0. The topological polar surface area (TPSA) is 83.3 Å². The third-order valence-electron chi connectivity index (χ3n) is 4.98. The normalized spacial score (nSPS) is 13.6. The number of halogens is 1. The molecule has 4 rings (SSSR count). The van der Waals surface area contributed by atoms with Crippen molar-refractivity contribution in [1.29, 1.82) is 0 Å². The van der Waals surface area contributed by atoms with E-state index in [1.165, 1.54) is 6.42 Å². The van der Waals surface area contributed by atoms with E-state index >= 15 is 0 Å². The van der Waals surface area contributed by atoms with Gasteiger partial charge in [0.1, 0.15) is 0 Å². The van der Waals surface area contributed by atoms with Crippen LogP contribution in [-0.2, 0) is 6.54 Å². The highest BCUT2D eigenvalue weighted by Crippen LogP contribution is 2.20. The number of rotatable bonds is 5. The lowest BCUT2D eigenvalue weighted by Crippen LogP contribution is -2.35. The molecule has 31 heavy (non-hydrogen) atoms. The minimum absolute atomic E-state index is 0.0876. The quantitative estimate of drug-likeness (QED) is 0.495. The summed E-state index contributed by atoms with van der Waals surface area (Å²) in [6, 6.07) is 15.0. The zero-order valence-electron chi connectivity index (χ0n) is 16.8. The number of anilines is 1. The van der Waals surface area contributed by atoms with E-state index in [2.05, 4.69) is 36.7 Å². The van der Waals surface area contributed by atoms with Gasteiger partial charge in [-0.05, 0) is 67.9 Å². The lowest BCUT2D eigenvalue weighted by molar-refractivity contribution is 0.0724. The molecule has 2 aromatic carbocycles. The average Bonchev–Trinajstić information content (AvgIpc) is 3.28. The molecular formula is C22H22BrN5O2S. The molecule has 1 aromatic heterocycles. The molecule has 0 atom stereocenters. The van der Waals surface area contributed by atoms with Crippen LogP contribution in [0, 0.1) is 0 Å². The van der Waals surface area contributed by atoms with Crippen LogP contribution in [0.4, 0.5) is 5.69 Å². The van der Waals surface area contributed by atoms with Gasteiger partial charge in [-0.25, -0.2) is 0 Å². The predicted molar refractivity (Wildman–Crippen MR) is 127 cm³/mol. The number of nitrogens with one attached hydrogen (secondary N) is 2. The summed E-state index contributed by atoms with van der Waals surface area (Å²) in [5.41, 5.74) is 2.36. The van der Waals surface area contributed by atoms with Crippen LogP contribution in [-0.4, -0.2) is 39.1 Å². The van der Waals surface area contributed by atoms with Gasteiger partial charge in [-0.2, -0.15) is 4.98 Å². The maximum atomic E-state index is 12.6. The Bertz CT molecular complexity index is 1060. The summed E-state index contributed by atoms with van der Waals surface area (Å²) in [7, 11) is 0. The molecule has 0 unspecified atom stereocenters. The van der Waals surface area contributed by atoms with Crippen molar-refractivity contribution in [3.05, 3.63) is 64.5 Å². The average molecular weight is 500 g/mol. The maximum Gasteiger partial charge on any atom is 0.253 e. The van der Waals surface area contributed by atoms with E-state index in [-0.39, 0.29) is 5.91 Å². The molecule has 3 aromatic rings. The fraction of sp³-hybridized carbons (Fsp3) is 0.273. The van der Waals surface area contributed by atoms with Crippen molar-refractivity contribution in [2.75, 3.05) is 18.4 Å². The molecule has 160 valence electrons. The smallest absolute Gasteiger partial charge is 0.253 e. The zero-order chi connectivity index (χ0) is 21.6. The number of thiocarbonyl (C=S) groups is 1. The van der Waals surface area contributed by atoms with Gasteiger partial charge < -0.3 is 20.1 Å². The minimum atomic E-state index is 0.0876. The van der Waals surface area contributed by atoms with E-state index in [1.807, 2.05) is 53.4 Å². The number of aromatic nitrogens is 2. The van der Waals surface area contributed by atoms with Crippen LogP contribution in [0.25, 0.3) is 11.4 Å². The molecule has 1 aliphatic heterocycles. The minimum Gasteiger partial charge on any atom is -0.353 e. The van der Waals surface area contributed by atoms with E-state index in [1.54, 1.807) is 0 Å². The van der Waals surface area contributed by atoms with Gasteiger partial charge >= 0.3 is 0 Å². The molecular weight excluding hydrogens is 478 g/mol. The molecule has 1 aliphatic rings. The first-order valence-electron chi connectivity index (χ1n) is 10.1. The molecule has 0 spiro atoms. The Morgan fingerprint density at radius 1 is 1.13 bits per heavy atom. The Balaban J connectivity index is 1.28. The molecule has 1 saturated heterocycles. The van der Waals surface area contributed by atoms with E-state index in [4.69, 9.17) is 16.7 Å². The van der Waals surface area contributed by atoms with Crippen molar-refractivity contribution >= 4 is 44.9 Å². The van der Waals surface area contributed by atoms with Crippen molar-refractivity contribution < 1.29 is 9.32 Å². The van der Waals surface area contributed by atoms with Gasteiger partial charge in [0, 0.05) is 34.4 Å². The number of carbonyl (C=O) groups excluding carboxylic acids is 1. The molecule has 0 saturated carbocycles. The van der Waals surface area contributed by atoms with Gasteiger partial charge in [0.15, 0.2) is 5.11 Å². The Morgan fingerprint density at radius 2 is 1.90 bits per heavy atom. The first-order valence-corrected chi connectivity index (χ1v) is 11.3. The number of amides is 1. The standard InChI is InChI=1S/C22H22BrN5O2S/c23-17-6-4-5-16(13-17)20-26-19(30-27-20)14-24-22(31)25-18-9-7-15(8-10-18)21(29)28-11-2-1-3-12-28/h4-10,13H,1-3,11-12,14H2,(H2,24,25,31). The lowest BCUT2D eigenvalue weighted by Gasteiger charge is -2.26. The summed E-state index contributed by atoms with van der Waals surface area (Å²) in [6.07, 6.45) is 3.36. The third-order valence-corrected chi connectivity index (χ3v) is 5.72. The van der Waals surface area contributed by atoms with Gasteiger partial charge in [0.25, 0.3) is 5.91 Å². The Kier molecular flexibility index (Phi) is 6.93. The fourth-order valence-corrected chi connectivity index (χ4v) is 3.97. The van der Waals surface area contributed by atoms with Crippen LogP contribution < -0.4 is 10.6 Å². The Morgan fingerprint density at radius 3 is 2.65 bits per heavy atom. The predicted octanol–water partition coefficient (Wildman–Crippen LogP) is 4.61. The number of carbonyl (C=O) groups is 1. The number of piperidine rings is 1. The molecule has 2 heterocycles. The number of nitrogens with zero attached hydrogens (tertiary/aromatic N) is 3. The molecule has 0 aliphatic carbocycles. The van der Waals surface area contributed by atoms with Crippen LogP contribution in [0.5, 0.6) is 0 Å². The SMILES string of the molecule is O=C(c1ccc(NC(=S)NCc2nc(-c3cccc(Br)c3)no2)cc1)N1CCCCC1. The highest BCUT2D eigenvalue weighted by atomic mass is 79.9. The lowest BCUT2D eigenvalue weighted by atomic mass is 10.1. The van der Waals surface area contributed by atoms with Gasteiger partial charge in [-0.1, -0.05) is 33.2 Å². The molecule has 7 nitrogen and oxygen atoms in total. The summed E-state index contributed by atoms with van der Waals surface area (Å²) in [5, 5.41) is 10.6. The van der Waals surface area contributed by atoms with Gasteiger partial charge in [0.2, 0.25) is 11.7 Å². The molecule has 0 bridgehead atoms. The molecule has 0 radical (unpaired) electrons. The first-order chi connectivity index (χ1) is 15.1. The highest BCUT2D eigenvalue weighted by Gasteiger charge is 2.18. The van der Waals surface area contributed by atoms with E-state index in [9.17, 15) is 4.79 Å². The molecule has 1 fully saturated rings. The highest BCUT2D eigenvalue weighted by molar-refractivity contribution is 9.10. The van der Waals surface area contributed by atoms with E-state index < -0.39 is 0 Å². The summed E-state index contributed by atoms with van der Waals surface area (Å²) in [4.78, 5) is 18.9. The van der Waals surface area contributed by atoms with Crippen molar-refractivity contribution in [1.82, 2.24) is 20.4 Å². The Labute approximate surface area is 194 Å². The largest absolute Gasteiger partial charge is 0.353 e. The van der Waals surface area contributed by atoms with Crippen molar-refractivity contribution in [3.8, 4) is 11.4 Å². The molecule has 1 amide bonds. The number of hydrogen-bond acceptors (Lipinski definition) is 5. The third kappa shape index (κ3) is 5.68. The van der Waals surface area contributed by atoms with Gasteiger partial charge in [0.05, 0.1) is 6.54 Å². The number of benzene rings is 2. The van der Waals surface area contributed by atoms with Crippen LogP contribution in [0.15, 0.2) is 57.5 Å². The monoisotopic (exact) mass is 499 g/mol. The van der Waals surface area contributed by atoms with Crippen LogP contribution in [0.2, 0.25) is 0 Å². The Hall–Kier alpha value is -2.78. The van der Waals surface area contributed by atoms with E-state index in [0.717, 1.165) is 41.7 Å². The first kappa shape index (κ1) is 21.5.